The van der Waals surface area contributed by atoms with Gasteiger partial charge in [-0.2, -0.15) is 0 Å². The molecule has 1 atom stereocenters. The van der Waals surface area contributed by atoms with E-state index in [1.54, 1.807) is 14.0 Å². The highest BCUT2D eigenvalue weighted by molar-refractivity contribution is 9.10. The van der Waals surface area contributed by atoms with Gasteiger partial charge >= 0.3 is 0 Å². The van der Waals surface area contributed by atoms with E-state index < -0.39 is 6.10 Å². The lowest BCUT2D eigenvalue weighted by molar-refractivity contribution is 0.196. The van der Waals surface area contributed by atoms with Crippen LogP contribution in [-0.4, -0.2) is 32.4 Å². The molecule has 0 unspecified atom stereocenters. The van der Waals surface area contributed by atoms with Gasteiger partial charge in [0.15, 0.2) is 0 Å². The van der Waals surface area contributed by atoms with Gasteiger partial charge in [-0.15, -0.1) is 0 Å². The van der Waals surface area contributed by atoms with Crippen LogP contribution in [0.5, 0.6) is 0 Å². The fourth-order valence-corrected chi connectivity index (χ4v) is 2.36. The van der Waals surface area contributed by atoms with Crippen molar-refractivity contribution < 1.29 is 9.84 Å². The largest absolute Gasteiger partial charge is 0.389 e. The molecule has 0 spiro atoms. The summed E-state index contributed by atoms with van der Waals surface area (Å²) in [6, 6.07) is 5.95. The zero-order chi connectivity index (χ0) is 12.8. The number of anilines is 1. The maximum Gasteiger partial charge on any atom is 0.0762 e. The molecular weight excluding hydrogens is 282 g/mol. The average Bonchev–Trinajstić information content (AvgIpc) is 2.28. The third kappa shape index (κ3) is 4.30. The van der Waals surface area contributed by atoms with E-state index in [9.17, 15) is 5.11 Å². The van der Waals surface area contributed by atoms with Gasteiger partial charge in [-0.05, 0) is 47.0 Å². The summed E-state index contributed by atoms with van der Waals surface area (Å²) in [7, 11) is 3.77. The van der Waals surface area contributed by atoms with E-state index in [0.29, 0.717) is 0 Å². The predicted molar refractivity (Wildman–Crippen MR) is 74.5 cm³/mol. The Labute approximate surface area is 112 Å². The quantitative estimate of drug-likeness (QED) is 0.820. The second-order valence-corrected chi connectivity index (χ2v) is 5.01. The minimum Gasteiger partial charge on any atom is -0.389 e. The summed E-state index contributed by atoms with van der Waals surface area (Å²) >= 11 is 3.54. The average molecular weight is 302 g/mol. The van der Waals surface area contributed by atoms with Crippen LogP contribution in [0.3, 0.4) is 0 Å². The van der Waals surface area contributed by atoms with Gasteiger partial charge in [0, 0.05) is 31.8 Å². The molecule has 0 fully saturated rings. The maximum absolute atomic E-state index is 9.50. The normalized spacial score (nSPS) is 12.5. The van der Waals surface area contributed by atoms with Crippen molar-refractivity contribution in [1.82, 2.24) is 0 Å². The summed E-state index contributed by atoms with van der Waals surface area (Å²) in [5.74, 6) is 0. The number of aliphatic hydroxyl groups excluding tert-OH is 1. The van der Waals surface area contributed by atoms with E-state index in [0.717, 1.165) is 35.3 Å². The van der Waals surface area contributed by atoms with Crippen molar-refractivity contribution in [1.29, 1.82) is 0 Å². The number of hydrogen-bond donors (Lipinski definition) is 1. The summed E-state index contributed by atoms with van der Waals surface area (Å²) in [5.41, 5.74) is 2.05. The Balaban J connectivity index is 2.70. The molecule has 0 heterocycles. The van der Waals surface area contributed by atoms with Crippen LogP contribution in [0.25, 0.3) is 0 Å². The van der Waals surface area contributed by atoms with E-state index in [2.05, 4.69) is 27.9 Å². The molecule has 1 aromatic carbocycles. The van der Waals surface area contributed by atoms with E-state index in [4.69, 9.17) is 4.74 Å². The van der Waals surface area contributed by atoms with Crippen LogP contribution in [0, 0.1) is 0 Å². The molecule has 1 N–H and O–H groups in total. The van der Waals surface area contributed by atoms with Crippen LogP contribution in [0.1, 0.15) is 25.0 Å². The topological polar surface area (TPSA) is 32.7 Å². The van der Waals surface area contributed by atoms with Gasteiger partial charge in [0.2, 0.25) is 0 Å². The molecule has 0 bridgehead atoms. The van der Waals surface area contributed by atoms with Crippen LogP contribution in [0.2, 0.25) is 0 Å². The van der Waals surface area contributed by atoms with Gasteiger partial charge in [-0.1, -0.05) is 6.07 Å². The third-order valence-electron chi connectivity index (χ3n) is 2.71. The summed E-state index contributed by atoms with van der Waals surface area (Å²) < 4.78 is 6.05. The lowest BCUT2D eigenvalue weighted by Gasteiger charge is -2.21. The van der Waals surface area contributed by atoms with Gasteiger partial charge in [0.1, 0.15) is 0 Å². The number of methoxy groups -OCH3 is 1. The third-order valence-corrected chi connectivity index (χ3v) is 3.34. The van der Waals surface area contributed by atoms with Gasteiger partial charge in [0.25, 0.3) is 0 Å². The van der Waals surface area contributed by atoms with Crippen LogP contribution >= 0.6 is 15.9 Å². The van der Waals surface area contributed by atoms with Crippen molar-refractivity contribution in [2.45, 2.75) is 19.4 Å². The van der Waals surface area contributed by atoms with Crippen LogP contribution in [0.15, 0.2) is 22.7 Å². The number of rotatable bonds is 6. The molecule has 17 heavy (non-hydrogen) atoms. The lowest BCUT2D eigenvalue weighted by atomic mass is 10.1. The van der Waals surface area contributed by atoms with Crippen molar-refractivity contribution in [3.63, 3.8) is 0 Å². The van der Waals surface area contributed by atoms with Crippen LogP contribution in [-0.2, 0) is 4.74 Å². The van der Waals surface area contributed by atoms with Crippen molar-refractivity contribution >= 4 is 21.6 Å². The summed E-state index contributed by atoms with van der Waals surface area (Å²) in [6.07, 6.45) is 0.566. The fraction of sp³-hybridized carbons (Fsp3) is 0.538. The minimum atomic E-state index is -0.431. The van der Waals surface area contributed by atoms with Gasteiger partial charge in [-0.25, -0.2) is 0 Å². The maximum atomic E-state index is 9.50. The number of aliphatic hydroxyl groups is 1. The van der Waals surface area contributed by atoms with Crippen LogP contribution < -0.4 is 4.90 Å². The van der Waals surface area contributed by atoms with Crippen molar-refractivity contribution in [2.75, 3.05) is 32.2 Å². The summed E-state index contributed by atoms with van der Waals surface area (Å²) in [6.45, 7) is 3.48. The Hall–Kier alpha value is -0.580. The smallest absolute Gasteiger partial charge is 0.0762 e. The Bertz CT molecular complexity index is 355. The van der Waals surface area contributed by atoms with E-state index in [1.807, 2.05) is 18.2 Å². The van der Waals surface area contributed by atoms with Crippen molar-refractivity contribution in [3.05, 3.63) is 28.2 Å². The first kappa shape index (κ1) is 14.5. The molecule has 4 heteroatoms. The van der Waals surface area contributed by atoms with Crippen molar-refractivity contribution in [2.24, 2.45) is 0 Å². The second-order valence-electron chi connectivity index (χ2n) is 4.15. The molecule has 0 aromatic heterocycles. The Morgan fingerprint density at radius 1 is 1.47 bits per heavy atom. The number of nitrogens with zero attached hydrogens (tertiary/aromatic N) is 1. The number of ether oxygens (including phenoxy) is 1. The predicted octanol–water partition coefficient (Wildman–Crippen LogP) is 2.98. The highest BCUT2D eigenvalue weighted by atomic mass is 79.9. The number of hydrogen-bond acceptors (Lipinski definition) is 3. The fourth-order valence-electron chi connectivity index (χ4n) is 1.66. The molecule has 0 aliphatic carbocycles. The lowest BCUT2D eigenvalue weighted by Crippen LogP contribution is -2.20. The number of benzene rings is 1. The first-order valence-corrected chi connectivity index (χ1v) is 6.53. The van der Waals surface area contributed by atoms with E-state index in [-0.39, 0.29) is 0 Å². The van der Waals surface area contributed by atoms with Gasteiger partial charge in [-0.3, -0.25) is 0 Å². The molecule has 0 aliphatic heterocycles. The summed E-state index contributed by atoms with van der Waals surface area (Å²) in [5, 5.41) is 9.50. The summed E-state index contributed by atoms with van der Waals surface area (Å²) in [4.78, 5) is 2.18. The molecule has 0 saturated carbocycles. The monoisotopic (exact) mass is 301 g/mol. The highest BCUT2D eigenvalue weighted by Crippen LogP contribution is 2.28. The number of halogens is 1. The molecule has 3 nitrogen and oxygen atoms in total. The first-order chi connectivity index (χ1) is 8.06. The minimum absolute atomic E-state index is 0.431. The Kier molecular flexibility index (Phi) is 5.95. The standard InChI is InChI=1S/C13H20BrNO2/c1-10(16)11-5-6-13(12(14)9-11)15(2)7-4-8-17-3/h5-6,9-10,16H,4,7-8H2,1-3H3/t10-/m0/s1. The molecular formula is C13H20BrNO2. The Morgan fingerprint density at radius 3 is 2.71 bits per heavy atom. The molecule has 0 amide bonds. The molecule has 0 aliphatic rings. The molecule has 1 aromatic rings. The SMILES string of the molecule is COCCCN(C)c1ccc([C@H](C)O)cc1Br. The molecule has 0 saturated heterocycles. The van der Waals surface area contributed by atoms with E-state index >= 15 is 0 Å². The molecule has 1 rings (SSSR count). The molecule has 0 radical (unpaired) electrons. The zero-order valence-corrected chi connectivity index (χ0v) is 12.2. The van der Waals surface area contributed by atoms with E-state index in [1.165, 1.54) is 0 Å². The Morgan fingerprint density at radius 2 is 2.18 bits per heavy atom. The van der Waals surface area contributed by atoms with Gasteiger partial charge < -0.3 is 14.7 Å². The zero-order valence-electron chi connectivity index (χ0n) is 10.6. The van der Waals surface area contributed by atoms with Crippen LogP contribution in [0.4, 0.5) is 5.69 Å². The second kappa shape index (κ2) is 6.99. The van der Waals surface area contributed by atoms with Gasteiger partial charge in [0.05, 0.1) is 11.8 Å². The highest BCUT2D eigenvalue weighted by Gasteiger charge is 2.08. The van der Waals surface area contributed by atoms with Crippen molar-refractivity contribution in [3.8, 4) is 0 Å². The molecule has 96 valence electrons. The first-order valence-electron chi connectivity index (χ1n) is 5.74.